The molecule has 20 heavy (non-hydrogen) atoms. The van der Waals surface area contributed by atoms with Crippen molar-refractivity contribution >= 4 is 28.2 Å². The summed E-state index contributed by atoms with van der Waals surface area (Å²) in [5, 5.41) is 8.95. The molecule has 3 rings (SSSR count). The molecule has 0 fully saturated rings. The Hall–Kier alpha value is -2.00. The van der Waals surface area contributed by atoms with Crippen LogP contribution in [0.5, 0.6) is 0 Å². The van der Waals surface area contributed by atoms with Crippen LogP contribution in [0.2, 0.25) is 5.02 Å². The molecule has 0 unspecified atom stereocenters. The van der Waals surface area contributed by atoms with Gasteiger partial charge in [-0.2, -0.15) is 5.10 Å². The van der Waals surface area contributed by atoms with Gasteiger partial charge in [-0.15, -0.1) is 0 Å². The quantitative estimate of drug-likeness (QED) is 0.777. The first-order valence-electron chi connectivity index (χ1n) is 6.69. The molecular formula is C16H16ClN3. The fraction of sp³-hybridized carbons (Fsp3) is 0.188. The average molecular weight is 286 g/mol. The third-order valence-corrected chi connectivity index (χ3v) is 3.71. The summed E-state index contributed by atoms with van der Waals surface area (Å²) in [6, 6.07) is 14.4. The van der Waals surface area contributed by atoms with E-state index in [9.17, 15) is 0 Å². The summed E-state index contributed by atoms with van der Waals surface area (Å²) in [6.45, 7) is 3.98. The lowest BCUT2D eigenvalue weighted by Gasteiger charge is -2.23. The smallest absolute Gasteiger partial charge is 0.0651 e. The maximum atomic E-state index is 5.93. The van der Waals surface area contributed by atoms with Gasteiger partial charge in [-0.3, -0.25) is 5.10 Å². The predicted molar refractivity (Wildman–Crippen MR) is 84.3 cm³/mol. The van der Waals surface area contributed by atoms with Gasteiger partial charge < -0.3 is 4.90 Å². The van der Waals surface area contributed by atoms with Gasteiger partial charge in [-0.05, 0) is 42.8 Å². The number of benzene rings is 2. The van der Waals surface area contributed by atoms with Gasteiger partial charge in [0.15, 0.2) is 0 Å². The van der Waals surface area contributed by atoms with Crippen LogP contribution in [-0.4, -0.2) is 16.7 Å². The fourth-order valence-electron chi connectivity index (χ4n) is 2.32. The van der Waals surface area contributed by atoms with Crippen LogP contribution >= 0.6 is 11.6 Å². The van der Waals surface area contributed by atoms with Crippen molar-refractivity contribution in [2.24, 2.45) is 0 Å². The molecule has 0 radical (unpaired) electrons. The predicted octanol–water partition coefficient (Wildman–Crippen LogP) is 4.24. The van der Waals surface area contributed by atoms with E-state index in [1.54, 1.807) is 0 Å². The molecule has 3 aromatic rings. The molecule has 102 valence electrons. The molecule has 0 aliphatic rings. The first-order chi connectivity index (χ1) is 9.76. The Morgan fingerprint density at radius 3 is 2.70 bits per heavy atom. The maximum absolute atomic E-state index is 5.93. The number of halogens is 1. The zero-order valence-electron chi connectivity index (χ0n) is 11.3. The summed E-state index contributed by atoms with van der Waals surface area (Å²) < 4.78 is 0. The molecule has 0 spiro atoms. The highest BCUT2D eigenvalue weighted by Crippen LogP contribution is 2.22. The normalized spacial score (nSPS) is 10.9. The van der Waals surface area contributed by atoms with E-state index in [0.717, 1.165) is 29.0 Å². The summed E-state index contributed by atoms with van der Waals surface area (Å²) in [5.41, 5.74) is 3.52. The van der Waals surface area contributed by atoms with E-state index in [-0.39, 0.29) is 0 Å². The van der Waals surface area contributed by atoms with Gasteiger partial charge in [-0.25, -0.2) is 0 Å². The Labute approximate surface area is 123 Å². The molecule has 0 atom stereocenters. The maximum Gasteiger partial charge on any atom is 0.0651 e. The molecule has 0 amide bonds. The molecule has 1 heterocycles. The van der Waals surface area contributed by atoms with Crippen molar-refractivity contribution in [2.75, 3.05) is 11.4 Å². The van der Waals surface area contributed by atoms with E-state index < -0.39 is 0 Å². The van der Waals surface area contributed by atoms with Crippen LogP contribution in [0.25, 0.3) is 10.9 Å². The Bertz CT molecular complexity index is 703. The van der Waals surface area contributed by atoms with E-state index in [2.05, 4.69) is 52.4 Å². The van der Waals surface area contributed by atoms with Gasteiger partial charge in [0.25, 0.3) is 0 Å². The molecule has 0 aliphatic heterocycles. The largest absolute Gasteiger partial charge is 0.367 e. The van der Waals surface area contributed by atoms with Crippen molar-refractivity contribution in [2.45, 2.75) is 13.5 Å². The lowest BCUT2D eigenvalue weighted by atomic mass is 10.1. The molecule has 1 N–H and O–H groups in total. The minimum atomic E-state index is 0.775. The van der Waals surface area contributed by atoms with Crippen LogP contribution in [0, 0.1) is 0 Å². The van der Waals surface area contributed by atoms with Gasteiger partial charge in [0, 0.05) is 29.2 Å². The number of nitrogens with one attached hydrogen (secondary N) is 1. The molecule has 2 aromatic carbocycles. The van der Waals surface area contributed by atoms with E-state index >= 15 is 0 Å². The number of rotatable bonds is 4. The second-order valence-electron chi connectivity index (χ2n) is 4.78. The Kier molecular flexibility index (Phi) is 3.61. The number of hydrogen-bond acceptors (Lipinski definition) is 2. The summed E-state index contributed by atoms with van der Waals surface area (Å²) in [4.78, 5) is 2.33. The fourth-order valence-corrected chi connectivity index (χ4v) is 2.45. The topological polar surface area (TPSA) is 31.9 Å². The molecule has 0 aliphatic carbocycles. The first-order valence-corrected chi connectivity index (χ1v) is 7.06. The lowest BCUT2D eigenvalue weighted by Crippen LogP contribution is -2.21. The van der Waals surface area contributed by atoms with Crippen LogP contribution in [0.15, 0.2) is 48.7 Å². The average Bonchev–Trinajstić information content (AvgIpc) is 2.94. The lowest BCUT2D eigenvalue weighted by molar-refractivity contribution is 0.833. The third kappa shape index (κ3) is 2.63. The van der Waals surface area contributed by atoms with Crippen LogP contribution in [0.3, 0.4) is 0 Å². The SMILES string of the molecule is CCN(Cc1ccc(Cl)cc1)c1ccc2[nH]ncc2c1. The minimum Gasteiger partial charge on any atom is -0.367 e. The van der Waals surface area contributed by atoms with Crippen LogP contribution in [0.1, 0.15) is 12.5 Å². The van der Waals surface area contributed by atoms with E-state index in [4.69, 9.17) is 11.6 Å². The summed E-state index contributed by atoms with van der Waals surface area (Å²) in [6.07, 6.45) is 1.86. The highest BCUT2D eigenvalue weighted by atomic mass is 35.5. The molecule has 0 saturated carbocycles. The molecule has 0 bridgehead atoms. The van der Waals surface area contributed by atoms with E-state index in [1.807, 2.05) is 18.3 Å². The first kappa shape index (κ1) is 13.0. The van der Waals surface area contributed by atoms with Crippen LogP contribution in [-0.2, 0) is 6.54 Å². The zero-order chi connectivity index (χ0) is 13.9. The van der Waals surface area contributed by atoms with Crippen LogP contribution in [0.4, 0.5) is 5.69 Å². The van der Waals surface area contributed by atoms with E-state index in [0.29, 0.717) is 0 Å². The Balaban J connectivity index is 1.86. The zero-order valence-corrected chi connectivity index (χ0v) is 12.1. The van der Waals surface area contributed by atoms with Crippen molar-refractivity contribution in [1.29, 1.82) is 0 Å². The number of H-pyrrole nitrogens is 1. The number of fused-ring (bicyclic) bond motifs is 1. The van der Waals surface area contributed by atoms with Crippen molar-refractivity contribution < 1.29 is 0 Å². The number of nitrogens with zero attached hydrogens (tertiary/aromatic N) is 2. The summed E-state index contributed by atoms with van der Waals surface area (Å²) in [7, 11) is 0. The standard InChI is InChI=1S/C16H16ClN3/c1-2-20(11-12-3-5-14(17)6-4-12)15-7-8-16-13(9-15)10-18-19-16/h3-10H,2,11H2,1H3,(H,18,19). The second-order valence-corrected chi connectivity index (χ2v) is 5.22. The molecule has 3 nitrogen and oxygen atoms in total. The summed E-state index contributed by atoms with van der Waals surface area (Å²) in [5.74, 6) is 0. The monoisotopic (exact) mass is 285 g/mol. The molecule has 1 aromatic heterocycles. The van der Waals surface area contributed by atoms with Crippen molar-refractivity contribution in [3.63, 3.8) is 0 Å². The van der Waals surface area contributed by atoms with Gasteiger partial charge >= 0.3 is 0 Å². The molecule has 0 saturated heterocycles. The third-order valence-electron chi connectivity index (χ3n) is 3.46. The highest BCUT2D eigenvalue weighted by molar-refractivity contribution is 6.30. The van der Waals surface area contributed by atoms with Gasteiger partial charge in [-0.1, -0.05) is 23.7 Å². The molecular weight excluding hydrogens is 270 g/mol. The Morgan fingerprint density at radius 1 is 1.15 bits per heavy atom. The van der Waals surface area contributed by atoms with Crippen molar-refractivity contribution in [3.8, 4) is 0 Å². The second kappa shape index (κ2) is 5.55. The number of hydrogen-bond donors (Lipinski definition) is 1. The molecule has 4 heteroatoms. The Morgan fingerprint density at radius 2 is 1.95 bits per heavy atom. The number of aromatic amines is 1. The van der Waals surface area contributed by atoms with Gasteiger partial charge in [0.2, 0.25) is 0 Å². The van der Waals surface area contributed by atoms with Crippen molar-refractivity contribution in [1.82, 2.24) is 10.2 Å². The van der Waals surface area contributed by atoms with Gasteiger partial charge in [0.05, 0.1) is 11.7 Å². The van der Waals surface area contributed by atoms with E-state index in [1.165, 1.54) is 11.3 Å². The number of aromatic nitrogens is 2. The highest BCUT2D eigenvalue weighted by Gasteiger charge is 2.07. The summed E-state index contributed by atoms with van der Waals surface area (Å²) >= 11 is 5.93. The van der Waals surface area contributed by atoms with Crippen molar-refractivity contribution in [3.05, 3.63) is 59.2 Å². The number of anilines is 1. The van der Waals surface area contributed by atoms with Gasteiger partial charge in [0.1, 0.15) is 0 Å². The minimum absolute atomic E-state index is 0.775. The van der Waals surface area contributed by atoms with Crippen LogP contribution < -0.4 is 4.90 Å².